The summed E-state index contributed by atoms with van der Waals surface area (Å²) in [6.45, 7) is 1.81. The van der Waals surface area contributed by atoms with Gasteiger partial charge in [-0.25, -0.2) is 14.8 Å². The second-order valence-electron chi connectivity index (χ2n) is 5.67. The number of carbonyl (C=O) groups is 2. The number of thiazole rings is 1. The Labute approximate surface area is 138 Å². The van der Waals surface area contributed by atoms with Crippen LogP contribution in [0.5, 0.6) is 0 Å². The van der Waals surface area contributed by atoms with Gasteiger partial charge < -0.3 is 10.2 Å². The highest BCUT2D eigenvalue weighted by atomic mass is 32.1. The lowest BCUT2D eigenvalue weighted by Crippen LogP contribution is -2.40. The molecule has 1 N–H and O–H groups in total. The molecule has 3 heterocycles. The molecular formula is C15H17N5O2S. The van der Waals surface area contributed by atoms with Crippen LogP contribution in [0, 0.1) is 0 Å². The Morgan fingerprint density at radius 1 is 1.35 bits per heavy atom. The Kier molecular flexibility index (Phi) is 3.77. The maximum atomic E-state index is 12.7. The van der Waals surface area contributed by atoms with Crippen molar-refractivity contribution in [3.8, 4) is 0 Å². The van der Waals surface area contributed by atoms with Crippen LogP contribution in [0.2, 0.25) is 0 Å². The zero-order valence-corrected chi connectivity index (χ0v) is 13.9. The summed E-state index contributed by atoms with van der Waals surface area (Å²) < 4.78 is 0. The van der Waals surface area contributed by atoms with Crippen LogP contribution in [0.25, 0.3) is 0 Å². The van der Waals surface area contributed by atoms with E-state index in [2.05, 4.69) is 15.3 Å². The first-order chi connectivity index (χ1) is 10.9. The molecule has 8 heteroatoms. The molecule has 0 saturated carbocycles. The maximum absolute atomic E-state index is 12.7. The van der Waals surface area contributed by atoms with E-state index in [0.29, 0.717) is 10.7 Å². The summed E-state index contributed by atoms with van der Waals surface area (Å²) in [5.41, 5.74) is -0.451. The summed E-state index contributed by atoms with van der Waals surface area (Å²) in [5, 5.41) is 5.10. The Morgan fingerprint density at radius 3 is 2.78 bits per heavy atom. The lowest BCUT2D eigenvalue weighted by Gasteiger charge is -2.19. The number of hydrogen-bond donors (Lipinski definition) is 1. The Hall–Kier alpha value is -2.48. The molecule has 23 heavy (non-hydrogen) atoms. The summed E-state index contributed by atoms with van der Waals surface area (Å²) in [5.74, 6) is 0.465. The van der Waals surface area contributed by atoms with Gasteiger partial charge in [-0.1, -0.05) is 6.07 Å². The number of nitrogens with one attached hydrogen (secondary N) is 1. The van der Waals surface area contributed by atoms with Gasteiger partial charge in [0.1, 0.15) is 10.8 Å². The zero-order valence-electron chi connectivity index (χ0n) is 13.1. The minimum atomic E-state index is -1.11. The van der Waals surface area contributed by atoms with Crippen LogP contribution in [0.4, 0.5) is 10.6 Å². The van der Waals surface area contributed by atoms with E-state index < -0.39 is 11.6 Å². The fraction of sp³-hybridized carbons (Fsp3) is 0.333. The molecule has 1 aliphatic heterocycles. The van der Waals surface area contributed by atoms with E-state index in [1.807, 2.05) is 31.1 Å². The van der Waals surface area contributed by atoms with E-state index >= 15 is 0 Å². The second kappa shape index (κ2) is 5.62. The van der Waals surface area contributed by atoms with E-state index in [4.69, 9.17) is 0 Å². The van der Waals surface area contributed by atoms with Gasteiger partial charge in [0.2, 0.25) is 0 Å². The molecule has 0 spiro atoms. The SMILES string of the molecule is CN(C)c1cccc(CN2C(=O)NC(C)(c3nccs3)C2=O)n1. The van der Waals surface area contributed by atoms with Crippen molar-refractivity contribution in [1.82, 2.24) is 20.2 Å². The molecule has 0 bridgehead atoms. The molecule has 1 saturated heterocycles. The van der Waals surface area contributed by atoms with Crippen molar-refractivity contribution in [1.29, 1.82) is 0 Å². The molecule has 1 aliphatic rings. The van der Waals surface area contributed by atoms with Crippen LogP contribution in [0.1, 0.15) is 17.6 Å². The summed E-state index contributed by atoms with van der Waals surface area (Å²) in [7, 11) is 3.78. The molecule has 3 amide bonds. The fourth-order valence-corrected chi connectivity index (χ4v) is 3.17. The molecule has 2 aromatic heterocycles. The van der Waals surface area contributed by atoms with Crippen molar-refractivity contribution in [2.24, 2.45) is 0 Å². The lowest BCUT2D eigenvalue weighted by atomic mass is 10.0. The van der Waals surface area contributed by atoms with Crippen molar-refractivity contribution in [2.45, 2.75) is 19.0 Å². The largest absolute Gasteiger partial charge is 0.363 e. The topological polar surface area (TPSA) is 78.4 Å². The minimum Gasteiger partial charge on any atom is -0.363 e. The lowest BCUT2D eigenvalue weighted by molar-refractivity contribution is -0.131. The average Bonchev–Trinajstić information content (AvgIpc) is 3.12. The highest BCUT2D eigenvalue weighted by Crippen LogP contribution is 2.30. The third kappa shape index (κ3) is 2.65. The van der Waals surface area contributed by atoms with Gasteiger partial charge in [0.05, 0.1) is 12.2 Å². The van der Waals surface area contributed by atoms with Gasteiger partial charge in [-0.05, 0) is 19.1 Å². The normalized spacial score (nSPS) is 20.7. The molecule has 0 aromatic carbocycles. The molecule has 1 atom stereocenters. The van der Waals surface area contributed by atoms with E-state index in [1.165, 1.54) is 16.2 Å². The number of nitrogens with zero attached hydrogens (tertiary/aromatic N) is 4. The number of anilines is 1. The number of rotatable bonds is 4. The number of pyridine rings is 1. The predicted molar refractivity (Wildman–Crippen MR) is 87.1 cm³/mol. The average molecular weight is 331 g/mol. The van der Waals surface area contributed by atoms with Gasteiger partial charge >= 0.3 is 6.03 Å². The first-order valence-electron chi connectivity index (χ1n) is 7.09. The van der Waals surface area contributed by atoms with Crippen molar-refractivity contribution >= 4 is 29.1 Å². The molecular weight excluding hydrogens is 314 g/mol. The van der Waals surface area contributed by atoms with Crippen molar-refractivity contribution < 1.29 is 9.59 Å². The molecule has 1 unspecified atom stereocenters. The van der Waals surface area contributed by atoms with Gasteiger partial charge in [0.25, 0.3) is 5.91 Å². The summed E-state index contributed by atoms with van der Waals surface area (Å²) >= 11 is 1.34. The van der Waals surface area contributed by atoms with Crippen LogP contribution in [-0.2, 0) is 16.9 Å². The molecule has 0 aliphatic carbocycles. The van der Waals surface area contributed by atoms with Crippen LogP contribution >= 0.6 is 11.3 Å². The van der Waals surface area contributed by atoms with Crippen LogP contribution in [0.15, 0.2) is 29.8 Å². The molecule has 120 valence electrons. The number of amides is 3. The van der Waals surface area contributed by atoms with Gasteiger partial charge in [-0.3, -0.25) is 9.69 Å². The smallest absolute Gasteiger partial charge is 0.325 e. The Balaban J connectivity index is 1.85. The van der Waals surface area contributed by atoms with Crippen LogP contribution in [0.3, 0.4) is 0 Å². The monoisotopic (exact) mass is 331 g/mol. The van der Waals surface area contributed by atoms with Crippen molar-refractivity contribution in [3.63, 3.8) is 0 Å². The molecule has 7 nitrogen and oxygen atoms in total. The quantitative estimate of drug-likeness (QED) is 0.861. The number of carbonyl (C=O) groups excluding carboxylic acids is 2. The standard InChI is InChI=1S/C15H17N5O2S/c1-15(12-16-7-8-23-12)13(21)20(14(22)18-15)9-10-5-4-6-11(17-10)19(2)3/h4-8H,9H2,1-3H3,(H,18,22). The van der Waals surface area contributed by atoms with Crippen molar-refractivity contribution in [3.05, 3.63) is 40.5 Å². The highest BCUT2D eigenvalue weighted by molar-refractivity contribution is 7.09. The Morgan fingerprint density at radius 2 is 2.13 bits per heavy atom. The molecule has 0 radical (unpaired) electrons. The number of aromatic nitrogens is 2. The minimum absolute atomic E-state index is 0.132. The van der Waals surface area contributed by atoms with Gasteiger partial charge in [0, 0.05) is 25.7 Å². The van der Waals surface area contributed by atoms with E-state index in [0.717, 1.165) is 5.82 Å². The summed E-state index contributed by atoms with van der Waals surface area (Å²) in [6, 6.07) is 5.10. The van der Waals surface area contributed by atoms with E-state index in [1.54, 1.807) is 24.6 Å². The zero-order chi connectivity index (χ0) is 16.6. The number of hydrogen-bond acceptors (Lipinski definition) is 6. The van der Waals surface area contributed by atoms with E-state index in [9.17, 15) is 9.59 Å². The molecule has 2 aromatic rings. The Bertz CT molecular complexity index is 746. The molecule has 1 fully saturated rings. The van der Waals surface area contributed by atoms with Gasteiger partial charge in [-0.2, -0.15) is 0 Å². The third-order valence-corrected chi connectivity index (χ3v) is 4.70. The maximum Gasteiger partial charge on any atom is 0.325 e. The summed E-state index contributed by atoms with van der Waals surface area (Å²) in [4.78, 5) is 36.7. The highest BCUT2D eigenvalue weighted by Gasteiger charge is 2.50. The van der Waals surface area contributed by atoms with E-state index in [-0.39, 0.29) is 12.5 Å². The second-order valence-corrected chi connectivity index (χ2v) is 6.56. The number of urea groups is 1. The van der Waals surface area contributed by atoms with Crippen molar-refractivity contribution in [2.75, 3.05) is 19.0 Å². The first-order valence-corrected chi connectivity index (χ1v) is 7.97. The summed E-state index contributed by atoms with van der Waals surface area (Å²) in [6.07, 6.45) is 1.62. The third-order valence-electron chi connectivity index (χ3n) is 3.71. The fourth-order valence-electron chi connectivity index (χ4n) is 2.42. The van der Waals surface area contributed by atoms with Crippen LogP contribution in [-0.4, -0.2) is 40.9 Å². The van der Waals surface area contributed by atoms with Crippen LogP contribution < -0.4 is 10.2 Å². The predicted octanol–water partition coefficient (Wildman–Crippen LogP) is 1.57. The molecule has 3 rings (SSSR count). The van der Waals surface area contributed by atoms with Gasteiger partial charge in [0.15, 0.2) is 5.54 Å². The van der Waals surface area contributed by atoms with Gasteiger partial charge in [-0.15, -0.1) is 11.3 Å². The first kappa shape index (κ1) is 15.4. The number of imide groups is 1.